The van der Waals surface area contributed by atoms with E-state index in [0.717, 1.165) is 10.6 Å². The zero-order valence-corrected chi connectivity index (χ0v) is 9.45. The molecule has 0 spiro atoms. The summed E-state index contributed by atoms with van der Waals surface area (Å²) in [4.78, 5) is 4.18. The van der Waals surface area contributed by atoms with E-state index in [0.29, 0.717) is 0 Å². The topological polar surface area (TPSA) is 15.8 Å². The Bertz CT molecular complexity index is 254. The number of thiophene rings is 1. The van der Waals surface area contributed by atoms with E-state index in [-0.39, 0.29) is 32.7 Å². The molecule has 0 saturated carbocycles. The van der Waals surface area contributed by atoms with Gasteiger partial charge in [-0.15, -0.1) is 11.6 Å². The largest absolute Gasteiger partial charge is 0.486 e. The fourth-order valence-corrected chi connectivity index (χ4v) is 1.44. The van der Waals surface area contributed by atoms with Gasteiger partial charge in [-0.3, -0.25) is 0 Å². The number of H-pyrrole nitrogens is 1. The second kappa shape index (κ2) is 4.19. The summed E-state index contributed by atoms with van der Waals surface area (Å²) < 4.78 is 0. The van der Waals surface area contributed by atoms with Crippen LogP contribution in [0.3, 0.4) is 0 Å². The van der Waals surface area contributed by atoms with Crippen LogP contribution in [-0.2, 0) is 32.7 Å². The van der Waals surface area contributed by atoms with Crippen molar-refractivity contribution < 1.29 is 32.7 Å². The third-order valence-corrected chi connectivity index (χ3v) is 2.06. The van der Waals surface area contributed by atoms with E-state index in [9.17, 15) is 0 Å². The van der Waals surface area contributed by atoms with E-state index in [1.807, 2.05) is 23.7 Å². The quantitative estimate of drug-likeness (QED) is 0.731. The first-order valence-electron chi connectivity index (χ1n) is 2.97. The Morgan fingerprint density at radius 2 is 2.18 bits per heavy atom. The molecule has 0 fully saturated rings. The number of rotatable bonds is 1. The molecule has 1 nitrogen and oxygen atoms in total. The molecule has 0 amide bonds. The van der Waals surface area contributed by atoms with Crippen LogP contribution in [0.15, 0.2) is 23.7 Å². The van der Waals surface area contributed by atoms with Gasteiger partial charge in [-0.25, -0.2) is 12.1 Å². The monoisotopic (exact) mass is 236 g/mol. The fraction of sp³-hybridized carbons (Fsp3) is 0. The van der Waals surface area contributed by atoms with Gasteiger partial charge >= 0.3 is 0 Å². The molecule has 3 heteroatoms. The molecule has 0 atom stereocenters. The summed E-state index contributed by atoms with van der Waals surface area (Å²) in [6.07, 6.45) is 1.86. The van der Waals surface area contributed by atoms with Gasteiger partial charge in [0.15, 0.2) is 0 Å². The molecule has 0 bridgehead atoms. The molecule has 1 radical (unpaired) electrons. The van der Waals surface area contributed by atoms with Crippen molar-refractivity contribution in [2.45, 2.75) is 0 Å². The normalized spacial score (nSPS) is 9.09. The number of aromatic amines is 1. The molecule has 1 N–H and O–H groups in total. The molecule has 2 aromatic rings. The first-order chi connectivity index (χ1) is 4.97. The molecule has 0 aliphatic heterocycles. The van der Waals surface area contributed by atoms with E-state index in [1.165, 1.54) is 0 Å². The summed E-state index contributed by atoms with van der Waals surface area (Å²) in [6, 6.07) is 9.93. The maximum Gasteiger partial charge on any atom is 0 e. The Balaban J connectivity index is 0.000000605. The van der Waals surface area contributed by atoms with Gasteiger partial charge in [-0.1, -0.05) is 0 Å². The average Bonchev–Trinajstić information content (AvgIpc) is 2.59. The van der Waals surface area contributed by atoms with Gasteiger partial charge in [0.2, 0.25) is 0 Å². The molecule has 2 heterocycles. The van der Waals surface area contributed by atoms with Crippen LogP contribution in [0.4, 0.5) is 0 Å². The van der Waals surface area contributed by atoms with Crippen LogP contribution in [0, 0.1) is 12.1 Å². The van der Waals surface area contributed by atoms with Crippen LogP contribution in [0.25, 0.3) is 10.6 Å². The summed E-state index contributed by atoms with van der Waals surface area (Å²) in [5.41, 5.74) is 1.02. The molecular weight excluding hydrogens is 231 g/mol. The van der Waals surface area contributed by atoms with Crippen molar-refractivity contribution in [1.82, 2.24) is 4.98 Å². The third-order valence-electron chi connectivity index (χ3n) is 1.23. The molecule has 0 aromatic carbocycles. The molecule has 0 saturated heterocycles. The molecule has 0 aliphatic rings. The van der Waals surface area contributed by atoms with Gasteiger partial charge in [-0.2, -0.15) is 22.7 Å². The van der Waals surface area contributed by atoms with Gasteiger partial charge < -0.3 is 16.3 Å². The minimum absolute atomic E-state index is 0. The molecule has 0 aliphatic carbocycles. The molecule has 11 heavy (non-hydrogen) atoms. The number of nitrogens with one attached hydrogen (secondary N) is 1. The standard InChI is InChI=1S/C8H5NS.Y/c1-3-7(9-5-1)8-4-2-6-10-8;/h1-2,5-6,9H;/q-2;. The summed E-state index contributed by atoms with van der Waals surface area (Å²) in [6.45, 7) is 0. The Hall–Kier alpha value is 0.0839. The minimum Gasteiger partial charge on any atom is -0.486 e. The SMILES string of the molecule is [Y].[c-]1cc[nH]c1-c1[c-]ccs1. The maximum absolute atomic E-state index is 3.10. The first kappa shape index (κ1) is 9.17. The second-order valence-electron chi connectivity index (χ2n) is 1.89. The zero-order chi connectivity index (χ0) is 6.81. The van der Waals surface area contributed by atoms with Crippen molar-refractivity contribution in [3.05, 3.63) is 35.8 Å². The zero-order valence-electron chi connectivity index (χ0n) is 5.79. The van der Waals surface area contributed by atoms with Crippen LogP contribution in [0.2, 0.25) is 0 Å². The Morgan fingerprint density at radius 1 is 1.27 bits per heavy atom. The third kappa shape index (κ3) is 2.02. The van der Waals surface area contributed by atoms with E-state index in [4.69, 9.17) is 0 Å². The van der Waals surface area contributed by atoms with E-state index < -0.39 is 0 Å². The van der Waals surface area contributed by atoms with Gasteiger partial charge in [0.1, 0.15) is 0 Å². The fourth-order valence-electron chi connectivity index (χ4n) is 0.800. The van der Waals surface area contributed by atoms with Gasteiger partial charge in [0, 0.05) is 32.7 Å². The summed E-state index contributed by atoms with van der Waals surface area (Å²) in [7, 11) is 0. The maximum atomic E-state index is 3.10. The summed E-state index contributed by atoms with van der Waals surface area (Å²) >= 11 is 1.66. The van der Waals surface area contributed by atoms with Crippen molar-refractivity contribution in [2.75, 3.05) is 0 Å². The number of hydrogen-bond acceptors (Lipinski definition) is 1. The van der Waals surface area contributed by atoms with Crippen molar-refractivity contribution in [2.24, 2.45) is 0 Å². The van der Waals surface area contributed by atoms with Gasteiger partial charge in [0.25, 0.3) is 0 Å². The van der Waals surface area contributed by atoms with Crippen LogP contribution >= 0.6 is 11.3 Å². The summed E-state index contributed by atoms with van der Waals surface area (Å²) in [5, 5.41) is 2.00. The van der Waals surface area contributed by atoms with E-state index >= 15 is 0 Å². The van der Waals surface area contributed by atoms with Crippen LogP contribution in [0.1, 0.15) is 0 Å². The molecular formula is C8H5NSY-2. The predicted molar refractivity (Wildman–Crippen MR) is 41.8 cm³/mol. The molecule has 0 unspecified atom stereocenters. The average molecular weight is 236 g/mol. The predicted octanol–water partition coefficient (Wildman–Crippen LogP) is 2.34. The second-order valence-corrected chi connectivity index (χ2v) is 2.81. The van der Waals surface area contributed by atoms with Gasteiger partial charge in [0.05, 0.1) is 0 Å². The number of hydrogen-bond donors (Lipinski definition) is 1. The molecule has 2 aromatic heterocycles. The summed E-state index contributed by atoms with van der Waals surface area (Å²) in [5.74, 6) is 0. The van der Waals surface area contributed by atoms with E-state index in [2.05, 4.69) is 17.1 Å². The van der Waals surface area contributed by atoms with Crippen molar-refractivity contribution in [1.29, 1.82) is 0 Å². The van der Waals surface area contributed by atoms with Gasteiger partial charge in [-0.05, 0) is 0 Å². The first-order valence-corrected chi connectivity index (χ1v) is 3.85. The van der Waals surface area contributed by atoms with Crippen LogP contribution in [-0.4, -0.2) is 4.98 Å². The van der Waals surface area contributed by atoms with E-state index in [1.54, 1.807) is 11.3 Å². The molecule has 2 rings (SSSR count). The van der Waals surface area contributed by atoms with Crippen molar-refractivity contribution in [3.8, 4) is 10.6 Å². The molecule has 53 valence electrons. The Labute approximate surface area is 94.7 Å². The van der Waals surface area contributed by atoms with Crippen molar-refractivity contribution >= 4 is 11.3 Å². The van der Waals surface area contributed by atoms with Crippen molar-refractivity contribution in [3.63, 3.8) is 0 Å². The Morgan fingerprint density at radius 3 is 2.73 bits per heavy atom. The Kier molecular flexibility index (Phi) is 3.50. The minimum atomic E-state index is 0. The number of aromatic nitrogens is 1. The van der Waals surface area contributed by atoms with Crippen LogP contribution in [0.5, 0.6) is 0 Å². The van der Waals surface area contributed by atoms with Crippen LogP contribution < -0.4 is 0 Å². The smallest absolute Gasteiger partial charge is 0 e.